The molecule has 0 unspecified atom stereocenters. The van der Waals surface area contributed by atoms with Gasteiger partial charge in [0, 0.05) is 41.0 Å². The summed E-state index contributed by atoms with van der Waals surface area (Å²) in [5.74, 6) is -0.664. The third-order valence-electron chi connectivity index (χ3n) is 4.40. The van der Waals surface area contributed by atoms with E-state index in [0.717, 1.165) is 11.1 Å². The van der Waals surface area contributed by atoms with Crippen LogP contribution in [0, 0.1) is 6.92 Å². The van der Waals surface area contributed by atoms with Crippen LogP contribution in [0.2, 0.25) is 0 Å². The highest BCUT2D eigenvalue weighted by Gasteiger charge is 2.15. The summed E-state index contributed by atoms with van der Waals surface area (Å²) in [5, 5.41) is 9.47. The van der Waals surface area contributed by atoms with Gasteiger partial charge >= 0.3 is 0 Å². The number of carbonyl (C=O) groups excluding carboxylic acids is 2. The number of pyridine rings is 1. The summed E-state index contributed by atoms with van der Waals surface area (Å²) < 4.78 is 5.19. The van der Waals surface area contributed by atoms with E-state index in [2.05, 4.69) is 20.8 Å². The molecule has 0 saturated heterocycles. The highest BCUT2D eigenvalue weighted by Crippen LogP contribution is 2.21. The van der Waals surface area contributed by atoms with Gasteiger partial charge in [-0.25, -0.2) is 0 Å². The Morgan fingerprint density at radius 2 is 1.57 bits per heavy atom. The van der Waals surface area contributed by atoms with Crippen LogP contribution in [-0.4, -0.2) is 22.0 Å². The zero-order valence-electron chi connectivity index (χ0n) is 16.1. The number of anilines is 2. The number of nitrogens with zero attached hydrogens (tertiary/aromatic N) is 2. The third-order valence-corrected chi connectivity index (χ3v) is 4.40. The maximum atomic E-state index is 12.5. The topological polar surface area (TPSA) is 97.1 Å². The number of benzene rings is 2. The van der Waals surface area contributed by atoms with Gasteiger partial charge in [-0.3, -0.25) is 14.6 Å². The first-order chi connectivity index (χ1) is 14.6. The van der Waals surface area contributed by atoms with Crippen molar-refractivity contribution in [3.05, 3.63) is 96.0 Å². The van der Waals surface area contributed by atoms with Gasteiger partial charge in [0.1, 0.15) is 5.69 Å². The van der Waals surface area contributed by atoms with E-state index in [1.54, 1.807) is 54.9 Å². The molecule has 7 nitrogen and oxygen atoms in total. The second-order valence-corrected chi connectivity index (χ2v) is 6.67. The number of hydrogen-bond acceptors (Lipinski definition) is 5. The van der Waals surface area contributed by atoms with Crippen LogP contribution in [0.4, 0.5) is 11.4 Å². The van der Waals surface area contributed by atoms with Crippen LogP contribution >= 0.6 is 0 Å². The second-order valence-electron chi connectivity index (χ2n) is 6.67. The Kier molecular flexibility index (Phi) is 5.34. The van der Waals surface area contributed by atoms with Crippen molar-refractivity contribution in [1.29, 1.82) is 0 Å². The van der Waals surface area contributed by atoms with Crippen LogP contribution < -0.4 is 10.6 Å². The second kappa shape index (κ2) is 8.40. The lowest BCUT2D eigenvalue weighted by Crippen LogP contribution is -2.14. The Bertz CT molecular complexity index is 1180. The molecule has 7 heteroatoms. The zero-order valence-corrected chi connectivity index (χ0v) is 16.1. The molecular weight excluding hydrogens is 380 g/mol. The predicted molar refractivity (Wildman–Crippen MR) is 113 cm³/mol. The number of nitrogens with one attached hydrogen (secondary N) is 2. The first-order valence-corrected chi connectivity index (χ1v) is 9.25. The number of rotatable bonds is 5. The lowest BCUT2D eigenvalue weighted by Gasteiger charge is -2.07. The maximum absolute atomic E-state index is 12.5. The van der Waals surface area contributed by atoms with Crippen LogP contribution in [0.25, 0.3) is 11.3 Å². The van der Waals surface area contributed by atoms with E-state index in [-0.39, 0.29) is 11.7 Å². The summed E-state index contributed by atoms with van der Waals surface area (Å²) in [6.45, 7) is 2.00. The van der Waals surface area contributed by atoms with Crippen molar-refractivity contribution < 1.29 is 14.1 Å². The lowest BCUT2D eigenvalue weighted by atomic mass is 10.1. The monoisotopic (exact) mass is 398 g/mol. The van der Waals surface area contributed by atoms with Gasteiger partial charge in [-0.15, -0.1) is 0 Å². The van der Waals surface area contributed by atoms with Gasteiger partial charge in [0.15, 0.2) is 0 Å². The summed E-state index contributed by atoms with van der Waals surface area (Å²) in [7, 11) is 0. The number of carbonyl (C=O) groups is 2. The molecule has 2 amide bonds. The quantitative estimate of drug-likeness (QED) is 0.514. The van der Waals surface area contributed by atoms with E-state index in [9.17, 15) is 9.59 Å². The van der Waals surface area contributed by atoms with Crippen LogP contribution in [-0.2, 0) is 0 Å². The fraction of sp³-hybridized carbons (Fsp3) is 0.0435. The van der Waals surface area contributed by atoms with Crippen molar-refractivity contribution in [2.75, 3.05) is 10.6 Å². The predicted octanol–water partition coefficient (Wildman–Crippen LogP) is 4.55. The minimum absolute atomic E-state index is 0.0808. The minimum atomic E-state index is -0.451. The van der Waals surface area contributed by atoms with Gasteiger partial charge in [0.05, 0.1) is 0 Å². The van der Waals surface area contributed by atoms with E-state index >= 15 is 0 Å². The van der Waals surface area contributed by atoms with E-state index in [1.165, 1.54) is 0 Å². The molecule has 0 aliphatic carbocycles. The molecule has 0 spiro atoms. The molecule has 2 N–H and O–H groups in total. The Hall–Kier alpha value is -4.26. The molecule has 2 aromatic heterocycles. The highest BCUT2D eigenvalue weighted by atomic mass is 16.5. The van der Waals surface area contributed by atoms with E-state index in [4.69, 9.17) is 4.52 Å². The molecule has 0 aliphatic rings. The van der Waals surface area contributed by atoms with Gasteiger partial charge in [-0.1, -0.05) is 41.1 Å². The fourth-order valence-corrected chi connectivity index (χ4v) is 2.81. The number of hydrogen-bond donors (Lipinski definition) is 2. The lowest BCUT2D eigenvalue weighted by molar-refractivity contribution is 0.0985. The molecular formula is C23H18N4O3. The standard InChI is InChI=1S/C23H18N4O3/c1-15-5-7-16(8-6-15)20-14-21(30-27-20)23(29)26-19-4-2-3-17(13-19)22(28)25-18-9-11-24-12-10-18/h2-14H,1H3,(H,26,29)(H,24,25,28). The van der Waals surface area contributed by atoms with Crippen LogP contribution in [0.5, 0.6) is 0 Å². The summed E-state index contributed by atoms with van der Waals surface area (Å²) in [6.07, 6.45) is 3.18. The molecule has 0 radical (unpaired) electrons. The maximum Gasteiger partial charge on any atom is 0.294 e. The van der Waals surface area contributed by atoms with Crippen LogP contribution in [0.15, 0.2) is 83.6 Å². The van der Waals surface area contributed by atoms with Crippen molar-refractivity contribution in [3.63, 3.8) is 0 Å². The number of aryl methyl sites for hydroxylation is 1. The van der Waals surface area contributed by atoms with Crippen molar-refractivity contribution in [2.45, 2.75) is 6.92 Å². The molecule has 0 atom stereocenters. The highest BCUT2D eigenvalue weighted by molar-refractivity contribution is 6.06. The van der Waals surface area contributed by atoms with Gasteiger partial charge in [-0.05, 0) is 37.3 Å². The molecule has 2 heterocycles. The van der Waals surface area contributed by atoms with Crippen molar-refractivity contribution >= 4 is 23.2 Å². The van der Waals surface area contributed by atoms with Gasteiger partial charge in [0.2, 0.25) is 5.76 Å². The molecule has 4 rings (SSSR count). The zero-order chi connectivity index (χ0) is 20.9. The Morgan fingerprint density at radius 1 is 0.833 bits per heavy atom. The van der Waals surface area contributed by atoms with Gasteiger partial charge < -0.3 is 15.2 Å². The molecule has 0 saturated carbocycles. The minimum Gasteiger partial charge on any atom is -0.350 e. The molecule has 2 aromatic carbocycles. The smallest absolute Gasteiger partial charge is 0.294 e. The molecule has 0 fully saturated rings. The van der Waals surface area contributed by atoms with Crippen molar-refractivity contribution in [1.82, 2.24) is 10.1 Å². The third kappa shape index (κ3) is 4.41. The average molecular weight is 398 g/mol. The summed E-state index contributed by atoms with van der Waals surface area (Å²) in [6, 6.07) is 19.4. The largest absolute Gasteiger partial charge is 0.350 e. The van der Waals surface area contributed by atoms with E-state index in [1.807, 2.05) is 31.2 Å². The SMILES string of the molecule is Cc1ccc(-c2cc(C(=O)Nc3cccc(C(=O)Nc4ccncc4)c3)on2)cc1. The molecule has 148 valence electrons. The Morgan fingerprint density at radius 3 is 2.33 bits per heavy atom. The Labute approximate surface area is 172 Å². The average Bonchev–Trinajstić information content (AvgIpc) is 3.26. The summed E-state index contributed by atoms with van der Waals surface area (Å²) in [5.41, 5.74) is 4.07. The number of amides is 2. The normalized spacial score (nSPS) is 10.4. The van der Waals surface area contributed by atoms with Gasteiger partial charge in [0.25, 0.3) is 11.8 Å². The number of aromatic nitrogens is 2. The van der Waals surface area contributed by atoms with E-state index < -0.39 is 5.91 Å². The molecule has 4 aromatic rings. The Balaban J connectivity index is 1.45. The van der Waals surface area contributed by atoms with Crippen LogP contribution in [0.1, 0.15) is 26.5 Å². The fourth-order valence-electron chi connectivity index (χ4n) is 2.81. The first-order valence-electron chi connectivity index (χ1n) is 9.25. The van der Waals surface area contributed by atoms with E-state index in [0.29, 0.717) is 22.6 Å². The first kappa shape index (κ1) is 19.1. The molecule has 0 aliphatic heterocycles. The van der Waals surface area contributed by atoms with Crippen LogP contribution in [0.3, 0.4) is 0 Å². The van der Waals surface area contributed by atoms with Crippen molar-refractivity contribution in [3.8, 4) is 11.3 Å². The molecule has 30 heavy (non-hydrogen) atoms. The summed E-state index contributed by atoms with van der Waals surface area (Å²) in [4.78, 5) is 28.9. The van der Waals surface area contributed by atoms with Crippen molar-refractivity contribution in [2.24, 2.45) is 0 Å². The summed E-state index contributed by atoms with van der Waals surface area (Å²) >= 11 is 0. The molecule has 0 bridgehead atoms. The van der Waals surface area contributed by atoms with Gasteiger partial charge in [-0.2, -0.15) is 0 Å².